The van der Waals surface area contributed by atoms with Crippen molar-refractivity contribution in [2.75, 3.05) is 13.1 Å². The minimum Gasteiger partial charge on any atom is -0.311 e. The summed E-state index contributed by atoms with van der Waals surface area (Å²) in [5.41, 5.74) is 0.440. The Hall–Kier alpha value is -0.0800. The molecule has 0 spiro atoms. The molecule has 100 valence electrons. The van der Waals surface area contributed by atoms with Gasteiger partial charge in [0.2, 0.25) is 0 Å². The first-order chi connectivity index (χ1) is 8.04. The lowest BCUT2D eigenvalue weighted by molar-refractivity contribution is 0.0786. The molecule has 2 heteroatoms. The number of rotatable bonds is 3. The molecule has 2 rings (SSSR count). The van der Waals surface area contributed by atoms with Crippen molar-refractivity contribution in [1.82, 2.24) is 10.2 Å². The van der Waals surface area contributed by atoms with Crippen molar-refractivity contribution in [2.45, 2.75) is 77.4 Å². The Morgan fingerprint density at radius 1 is 1.12 bits per heavy atom. The first-order valence-electron chi connectivity index (χ1n) is 7.55. The first-order valence-corrected chi connectivity index (χ1v) is 7.55. The average molecular weight is 238 g/mol. The van der Waals surface area contributed by atoms with E-state index in [2.05, 4.69) is 37.9 Å². The Kier molecular flexibility index (Phi) is 4.14. The Labute approximate surface area is 107 Å². The summed E-state index contributed by atoms with van der Waals surface area (Å²) in [5, 5.41) is 3.76. The van der Waals surface area contributed by atoms with Gasteiger partial charge < -0.3 is 5.32 Å². The lowest BCUT2D eigenvalue weighted by atomic mass is 9.93. The van der Waals surface area contributed by atoms with Crippen molar-refractivity contribution in [3.63, 3.8) is 0 Å². The highest BCUT2D eigenvalue weighted by Crippen LogP contribution is 2.43. The average Bonchev–Trinajstić information content (AvgIpc) is 3.07. The standard InChI is InChI=1S/C15H30N2/c1-5-14-9-11-17(10-8-12(2)16-14)15(3,4)13-6-7-13/h12-14,16H,5-11H2,1-4H3. The van der Waals surface area contributed by atoms with E-state index in [4.69, 9.17) is 0 Å². The molecule has 2 fully saturated rings. The van der Waals surface area contributed by atoms with E-state index < -0.39 is 0 Å². The van der Waals surface area contributed by atoms with Crippen LogP contribution >= 0.6 is 0 Å². The van der Waals surface area contributed by atoms with Crippen LogP contribution in [-0.4, -0.2) is 35.6 Å². The third kappa shape index (κ3) is 3.23. The lowest BCUT2D eigenvalue weighted by Gasteiger charge is -2.42. The van der Waals surface area contributed by atoms with Gasteiger partial charge in [0, 0.05) is 30.7 Å². The summed E-state index contributed by atoms with van der Waals surface area (Å²) in [7, 11) is 0. The predicted molar refractivity (Wildman–Crippen MR) is 74.3 cm³/mol. The van der Waals surface area contributed by atoms with Crippen LogP contribution in [0.3, 0.4) is 0 Å². The fraction of sp³-hybridized carbons (Fsp3) is 1.00. The molecule has 1 N–H and O–H groups in total. The molecule has 0 aromatic carbocycles. The number of hydrogen-bond acceptors (Lipinski definition) is 2. The van der Waals surface area contributed by atoms with Crippen LogP contribution in [0.5, 0.6) is 0 Å². The van der Waals surface area contributed by atoms with Gasteiger partial charge in [-0.15, -0.1) is 0 Å². The summed E-state index contributed by atoms with van der Waals surface area (Å²) in [6.07, 6.45) is 6.79. The summed E-state index contributed by atoms with van der Waals surface area (Å²) in [5.74, 6) is 0.963. The minimum atomic E-state index is 0.440. The molecule has 1 saturated carbocycles. The van der Waals surface area contributed by atoms with E-state index >= 15 is 0 Å². The highest BCUT2D eigenvalue weighted by atomic mass is 15.2. The normalized spacial score (nSPS) is 33.2. The molecule has 0 radical (unpaired) electrons. The third-order valence-corrected chi connectivity index (χ3v) is 4.98. The van der Waals surface area contributed by atoms with Gasteiger partial charge in [-0.05, 0) is 58.8 Å². The molecule has 1 aliphatic heterocycles. The zero-order valence-corrected chi connectivity index (χ0v) is 12.1. The molecule has 0 bridgehead atoms. The van der Waals surface area contributed by atoms with Gasteiger partial charge in [-0.2, -0.15) is 0 Å². The maximum Gasteiger partial charge on any atom is 0.0181 e. The lowest BCUT2D eigenvalue weighted by Crippen LogP contribution is -2.52. The van der Waals surface area contributed by atoms with E-state index in [1.165, 1.54) is 45.2 Å². The summed E-state index contributed by atoms with van der Waals surface area (Å²) in [6, 6.07) is 1.40. The van der Waals surface area contributed by atoms with Crippen LogP contribution in [0.2, 0.25) is 0 Å². The van der Waals surface area contributed by atoms with E-state index in [0.717, 1.165) is 12.0 Å². The SMILES string of the molecule is CCC1CCN(C(C)(C)C2CC2)CCC(C)N1. The first kappa shape index (κ1) is 13.4. The molecular formula is C15H30N2. The van der Waals surface area contributed by atoms with Crippen LogP contribution in [0.15, 0.2) is 0 Å². The van der Waals surface area contributed by atoms with Crippen LogP contribution in [0.25, 0.3) is 0 Å². The molecule has 1 heterocycles. The predicted octanol–water partition coefficient (Wildman–Crippen LogP) is 3.03. The molecule has 0 aromatic rings. The van der Waals surface area contributed by atoms with Crippen LogP contribution in [0.1, 0.15) is 59.8 Å². The summed E-state index contributed by atoms with van der Waals surface area (Å²) in [4.78, 5) is 2.77. The summed E-state index contributed by atoms with van der Waals surface area (Å²) >= 11 is 0. The van der Waals surface area contributed by atoms with E-state index in [0.29, 0.717) is 11.6 Å². The van der Waals surface area contributed by atoms with Crippen LogP contribution in [-0.2, 0) is 0 Å². The second-order valence-corrected chi connectivity index (χ2v) is 6.67. The molecule has 2 nitrogen and oxygen atoms in total. The van der Waals surface area contributed by atoms with Crippen LogP contribution < -0.4 is 5.32 Å². The van der Waals surface area contributed by atoms with E-state index in [1.54, 1.807) is 0 Å². The molecule has 1 aliphatic carbocycles. The molecule has 17 heavy (non-hydrogen) atoms. The van der Waals surface area contributed by atoms with Gasteiger partial charge in [-0.25, -0.2) is 0 Å². The fourth-order valence-corrected chi connectivity index (χ4v) is 3.29. The second kappa shape index (κ2) is 5.27. The maximum atomic E-state index is 3.76. The molecule has 0 amide bonds. The highest BCUT2D eigenvalue weighted by molar-refractivity contribution is 4.97. The van der Waals surface area contributed by atoms with E-state index in [9.17, 15) is 0 Å². The molecule has 2 atom stereocenters. The Balaban J connectivity index is 1.97. The Morgan fingerprint density at radius 3 is 2.35 bits per heavy atom. The summed E-state index contributed by atoms with van der Waals surface area (Å²) < 4.78 is 0. The smallest absolute Gasteiger partial charge is 0.0181 e. The van der Waals surface area contributed by atoms with Gasteiger partial charge in [-0.1, -0.05) is 6.92 Å². The minimum absolute atomic E-state index is 0.440. The van der Waals surface area contributed by atoms with Gasteiger partial charge in [0.25, 0.3) is 0 Å². The van der Waals surface area contributed by atoms with Crippen LogP contribution in [0, 0.1) is 5.92 Å². The van der Waals surface area contributed by atoms with Crippen molar-refractivity contribution in [3.05, 3.63) is 0 Å². The molecule has 2 aliphatic rings. The van der Waals surface area contributed by atoms with Crippen molar-refractivity contribution in [3.8, 4) is 0 Å². The number of nitrogens with zero attached hydrogens (tertiary/aromatic N) is 1. The molecular weight excluding hydrogens is 208 g/mol. The zero-order chi connectivity index (χ0) is 12.5. The van der Waals surface area contributed by atoms with Gasteiger partial charge in [0.1, 0.15) is 0 Å². The van der Waals surface area contributed by atoms with Crippen molar-refractivity contribution >= 4 is 0 Å². The molecule has 2 unspecified atom stereocenters. The van der Waals surface area contributed by atoms with Gasteiger partial charge >= 0.3 is 0 Å². The van der Waals surface area contributed by atoms with Crippen LogP contribution in [0.4, 0.5) is 0 Å². The van der Waals surface area contributed by atoms with Gasteiger partial charge in [-0.3, -0.25) is 4.90 Å². The maximum absolute atomic E-state index is 3.76. The zero-order valence-electron chi connectivity index (χ0n) is 12.1. The molecule has 0 aromatic heterocycles. The molecule has 1 saturated heterocycles. The van der Waals surface area contributed by atoms with E-state index in [1.807, 2.05) is 0 Å². The number of nitrogens with one attached hydrogen (secondary N) is 1. The fourth-order valence-electron chi connectivity index (χ4n) is 3.29. The second-order valence-electron chi connectivity index (χ2n) is 6.67. The van der Waals surface area contributed by atoms with Crippen molar-refractivity contribution in [2.24, 2.45) is 5.92 Å². The Morgan fingerprint density at radius 2 is 1.76 bits per heavy atom. The Bertz CT molecular complexity index is 245. The summed E-state index contributed by atoms with van der Waals surface area (Å²) in [6.45, 7) is 12.1. The van der Waals surface area contributed by atoms with Crippen molar-refractivity contribution < 1.29 is 0 Å². The van der Waals surface area contributed by atoms with Gasteiger partial charge in [0.15, 0.2) is 0 Å². The monoisotopic (exact) mass is 238 g/mol. The van der Waals surface area contributed by atoms with Crippen molar-refractivity contribution in [1.29, 1.82) is 0 Å². The quantitative estimate of drug-likeness (QED) is 0.813. The number of hydrogen-bond donors (Lipinski definition) is 1. The van der Waals surface area contributed by atoms with E-state index in [-0.39, 0.29) is 0 Å². The largest absolute Gasteiger partial charge is 0.311 e. The van der Waals surface area contributed by atoms with Gasteiger partial charge in [0.05, 0.1) is 0 Å². The third-order valence-electron chi connectivity index (χ3n) is 4.98. The topological polar surface area (TPSA) is 15.3 Å². The highest BCUT2D eigenvalue weighted by Gasteiger charge is 2.42.